The first kappa shape index (κ1) is 17.4. The van der Waals surface area contributed by atoms with Crippen LogP contribution in [0.4, 0.5) is 10.1 Å². The second kappa shape index (κ2) is 7.19. The topological polar surface area (TPSA) is 37.6 Å². The molecular formula is C19H20FN3OS. The Labute approximate surface area is 149 Å². The first-order valence-corrected chi connectivity index (χ1v) is 9.05. The number of nitrogens with zero attached hydrogens (tertiary/aromatic N) is 3. The predicted molar refractivity (Wildman–Crippen MR) is 101 cm³/mol. The Morgan fingerprint density at radius 1 is 1.16 bits per heavy atom. The lowest BCUT2D eigenvalue weighted by atomic mass is 10.2. The van der Waals surface area contributed by atoms with Crippen LogP contribution in [0, 0.1) is 5.82 Å². The monoisotopic (exact) mass is 357 g/mol. The molecule has 130 valence electrons. The van der Waals surface area contributed by atoms with E-state index in [1.165, 1.54) is 17.4 Å². The smallest absolute Gasteiger partial charge is 0.279 e. The summed E-state index contributed by atoms with van der Waals surface area (Å²) in [6.45, 7) is 6.02. The molecule has 0 radical (unpaired) electrons. The number of hydrogen-bond donors (Lipinski definition) is 0. The molecule has 4 nitrogen and oxygen atoms in total. The number of aryl methyl sites for hydroxylation is 1. The summed E-state index contributed by atoms with van der Waals surface area (Å²) in [5, 5.41) is 0. The van der Waals surface area contributed by atoms with E-state index in [1.807, 2.05) is 18.2 Å². The van der Waals surface area contributed by atoms with Crippen LogP contribution in [0.5, 0.6) is 0 Å². The summed E-state index contributed by atoms with van der Waals surface area (Å²) in [6.07, 6.45) is 0. The highest BCUT2D eigenvalue weighted by atomic mass is 32.1. The minimum atomic E-state index is -0.325. The Balaban J connectivity index is 1.95. The predicted octanol–water partition coefficient (Wildman–Crippen LogP) is 3.97. The molecule has 3 rings (SSSR count). The lowest BCUT2D eigenvalue weighted by molar-refractivity contribution is 0.0998. The standard InChI is InChI=1S/C19H20FN3OS/c1-4-23(5-2)14-11-9-13(10-12-14)18(24)21-19-22(3)17-15(20)7-6-8-16(17)25-19/h6-12H,4-5H2,1-3H3. The van der Waals surface area contributed by atoms with Gasteiger partial charge in [-0.2, -0.15) is 4.99 Å². The Bertz CT molecular complexity index is 968. The highest BCUT2D eigenvalue weighted by Crippen LogP contribution is 2.19. The van der Waals surface area contributed by atoms with Gasteiger partial charge in [0.2, 0.25) is 0 Å². The van der Waals surface area contributed by atoms with Gasteiger partial charge in [-0.1, -0.05) is 17.4 Å². The number of para-hydroxylation sites is 1. The molecule has 0 aliphatic rings. The van der Waals surface area contributed by atoms with Crippen LogP contribution in [0.1, 0.15) is 24.2 Å². The van der Waals surface area contributed by atoms with Gasteiger partial charge in [0.05, 0.1) is 10.2 Å². The molecule has 0 aliphatic carbocycles. The summed E-state index contributed by atoms with van der Waals surface area (Å²) in [6, 6.07) is 12.3. The Morgan fingerprint density at radius 2 is 1.84 bits per heavy atom. The second-order valence-corrected chi connectivity index (χ2v) is 6.68. The SMILES string of the molecule is CCN(CC)c1ccc(C(=O)N=c2sc3cccc(F)c3n2C)cc1. The molecule has 0 N–H and O–H groups in total. The molecule has 0 saturated carbocycles. The summed E-state index contributed by atoms with van der Waals surface area (Å²) < 4.78 is 16.4. The maximum absolute atomic E-state index is 14.0. The van der Waals surface area contributed by atoms with Crippen LogP contribution in [0.2, 0.25) is 0 Å². The van der Waals surface area contributed by atoms with Gasteiger partial charge in [-0.05, 0) is 50.2 Å². The fraction of sp³-hybridized carbons (Fsp3) is 0.263. The summed E-state index contributed by atoms with van der Waals surface area (Å²) >= 11 is 1.30. The van der Waals surface area contributed by atoms with Gasteiger partial charge in [-0.3, -0.25) is 4.79 Å². The van der Waals surface area contributed by atoms with E-state index in [4.69, 9.17) is 0 Å². The number of hydrogen-bond acceptors (Lipinski definition) is 3. The maximum atomic E-state index is 14.0. The molecule has 1 aromatic heterocycles. The van der Waals surface area contributed by atoms with E-state index in [1.54, 1.807) is 29.8 Å². The van der Waals surface area contributed by atoms with Gasteiger partial charge < -0.3 is 9.47 Å². The number of fused-ring (bicyclic) bond motifs is 1. The molecule has 0 saturated heterocycles. The van der Waals surface area contributed by atoms with Crippen molar-refractivity contribution in [2.75, 3.05) is 18.0 Å². The molecule has 0 unspecified atom stereocenters. The zero-order chi connectivity index (χ0) is 18.0. The number of thiazole rings is 1. The van der Waals surface area contributed by atoms with Crippen molar-refractivity contribution in [3.05, 3.63) is 58.6 Å². The van der Waals surface area contributed by atoms with E-state index in [2.05, 4.69) is 23.7 Å². The number of amides is 1. The zero-order valence-electron chi connectivity index (χ0n) is 14.5. The lowest BCUT2D eigenvalue weighted by Gasteiger charge is -2.20. The summed E-state index contributed by atoms with van der Waals surface area (Å²) in [5.74, 6) is -0.637. The fourth-order valence-corrected chi connectivity index (χ4v) is 3.85. The van der Waals surface area contributed by atoms with Crippen LogP contribution in [-0.2, 0) is 7.05 Å². The van der Waals surface area contributed by atoms with Gasteiger partial charge in [-0.15, -0.1) is 0 Å². The van der Waals surface area contributed by atoms with Crippen LogP contribution < -0.4 is 9.70 Å². The van der Waals surface area contributed by atoms with Crippen LogP contribution in [-0.4, -0.2) is 23.6 Å². The summed E-state index contributed by atoms with van der Waals surface area (Å²) in [5.41, 5.74) is 2.07. The molecule has 6 heteroatoms. The van der Waals surface area contributed by atoms with Crippen molar-refractivity contribution < 1.29 is 9.18 Å². The van der Waals surface area contributed by atoms with Crippen molar-refractivity contribution in [1.29, 1.82) is 0 Å². The van der Waals surface area contributed by atoms with E-state index in [0.29, 0.717) is 15.9 Å². The number of aromatic nitrogens is 1. The molecule has 0 atom stereocenters. The third-order valence-corrected chi connectivity index (χ3v) is 5.31. The molecule has 0 aliphatic heterocycles. The van der Waals surface area contributed by atoms with Crippen molar-refractivity contribution >= 4 is 33.1 Å². The van der Waals surface area contributed by atoms with Crippen molar-refractivity contribution in [3.63, 3.8) is 0 Å². The Kier molecular flexibility index (Phi) is 4.99. The van der Waals surface area contributed by atoms with Crippen molar-refractivity contribution in [2.24, 2.45) is 12.0 Å². The van der Waals surface area contributed by atoms with E-state index >= 15 is 0 Å². The van der Waals surface area contributed by atoms with Crippen molar-refractivity contribution in [1.82, 2.24) is 4.57 Å². The van der Waals surface area contributed by atoms with Gasteiger partial charge in [0, 0.05) is 31.4 Å². The Morgan fingerprint density at radius 3 is 2.44 bits per heavy atom. The quantitative estimate of drug-likeness (QED) is 0.709. The third kappa shape index (κ3) is 3.35. The third-order valence-electron chi connectivity index (χ3n) is 4.21. The largest absolute Gasteiger partial charge is 0.372 e. The van der Waals surface area contributed by atoms with E-state index in [-0.39, 0.29) is 11.7 Å². The summed E-state index contributed by atoms with van der Waals surface area (Å²) in [7, 11) is 1.72. The molecule has 1 heterocycles. The average molecular weight is 357 g/mol. The van der Waals surface area contributed by atoms with Gasteiger partial charge in [0.25, 0.3) is 5.91 Å². The van der Waals surface area contributed by atoms with Crippen LogP contribution >= 0.6 is 11.3 Å². The lowest BCUT2D eigenvalue weighted by Crippen LogP contribution is -2.21. The molecule has 0 spiro atoms. The fourth-order valence-electron chi connectivity index (χ4n) is 2.82. The number of rotatable bonds is 4. The van der Waals surface area contributed by atoms with Gasteiger partial charge >= 0.3 is 0 Å². The number of carbonyl (C=O) groups is 1. The summed E-state index contributed by atoms with van der Waals surface area (Å²) in [4.78, 5) is 19.3. The number of anilines is 1. The molecule has 3 aromatic rings. The number of benzene rings is 2. The van der Waals surface area contributed by atoms with Gasteiger partial charge in [0.15, 0.2) is 4.80 Å². The molecular weight excluding hydrogens is 337 g/mol. The molecule has 2 aromatic carbocycles. The van der Waals surface area contributed by atoms with E-state index in [0.717, 1.165) is 23.5 Å². The zero-order valence-corrected chi connectivity index (χ0v) is 15.3. The van der Waals surface area contributed by atoms with Gasteiger partial charge in [-0.25, -0.2) is 4.39 Å². The van der Waals surface area contributed by atoms with E-state index < -0.39 is 0 Å². The molecule has 25 heavy (non-hydrogen) atoms. The van der Waals surface area contributed by atoms with Crippen LogP contribution in [0.25, 0.3) is 10.2 Å². The van der Waals surface area contributed by atoms with E-state index in [9.17, 15) is 9.18 Å². The minimum absolute atomic E-state index is 0.311. The minimum Gasteiger partial charge on any atom is -0.372 e. The molecule has 1 amide bonds. The Hall–Kier alpha value is -2.47. The first-order valence-electron chi connectivity index (χ1n) is 8.23. The van der Waals surface area contributed by atoms with Crippen LogP contribution in [0.3, 0.4) is 0 Å². The maximum Gasteiger partial charge on any atom is 0.279 e. The highest BCUT2D eigenvalue weighted by Gasteiger charge is 2.10. The molecule has 0 bridgehead atoms. The second-order valence-electron chi connectivity index (χ2n) is 5.67. The van der Waals surface area contributed by atoms with Gasteiger partial charge in [0.1, 0.15) is 5.82 Å². The number of carbonyl (C=O) groups excluding carboxylic acids is 1. The molecule has 0 fully saturated rings. The van der Waals surface area contributed by atoms with Crippen LogP contribution in [0.15, 0.2) is 47.5 Å². The first-order chi connectivity index (χ1) is 12.0. The highest BCUT2D eigenvalue weighted by molar-refractivity contribution is 7.16. The van der Waals surface area contributed by atoms with Crippen molar-refractivity contribution in [3.8, 4) is 0 Å². The van der Waals surface area contributed by atoms with Crippen molar-refractivity contribution in [2.45, 2.75) is 13.8 Å². The normalized spacial score (nSPS) is 11.9. The average Bonchev–Trinajstić information content (AvgIpc) is 2.93. The number of halogens is 1.